The smallest absolute Gasteiger partial charge is 0.328 e. The summed E-state index contributed by atoms with van der Waals surface area (Å²) in [5, 5.41) is 21.0. The van der Waals surface area contributed by atoms with Crippen LogP contribution in [0.5, 0.6) is 0 Å². The molecule has 4 nitrogen and oxygen atoms in total. The third-order valence-electron chi connectivity index (χ3n) is 2.58. The molecule has 0 heterocycles. The molecule has 0 bridgehead atoms. The normalized spacial score (nSPS) is 13.3. The molecule has 0 radical (unpaired) electrons. The van der Waals surface area contributed by atoms with Crippen LogP contribution in [0.3, 0.4) is 0 Å². The summed E-state index contributed by atoms with van der Waals surface area (Å²) < 4.78 is 0. The lowest BCUT2D eigenvalue weighted by Gasteiger charge is -2.16. The lowest BCUT2D eigenvalue weighted by molar-refractivity contribution is -0.131. The van der Waals surface area contributed by atoms with Gasteiger partial charge in [-0.2, -0.15) is 0 Å². The number of carboxylic acid groups (broad SMARTS) is 1. The Bertz CT molecular complexity index is 401. The highest BCUT2D eigenvalue weighted by Crippen LogP contribution is 2.03. The van der Waals surface area contributed by atoms with Gasteiger partial charge in [0.15, 0.2) is 0 Å². The minimum atomic E-state index is -0.946. The number of carboxylic acids is 1. The Morgan fingerprint density at radius 3 is 2.61 bits per heavy atom. The summed E-state index contributed by atoms with van der Waals surface area (Å²) in [4.78, 5) is 10.5. The van der Waals surface area contributed by atoms with Crippen LogP contribution in [0.1, 0.15) is 12.5 Å². The van der Waals surface area contributed by atoms with Crippen molar-refractivity contribution in [2.75, 3.05) is 13.2 Å². The van der Waals surface area contributed by atoms with Gasteiger partial charge in [-0.05, 0) is 18.9 Å². The molecular formula is C14H19NO3. The summed E-state index contributed by atoms with van der Waals surface area (Å²) in [5.41, 5.74) is 1.87. The summed E-state index contributed by atoms with van der Waals surface area (Å²) >= 11 is 0. The van der Waals surface area contributed by atoms with Crippen LogP contribution in [-0.4, -0.2) is 35.4 Å². The second kappa shape index (κ2) is 7.63. The van der Waals surface area contributed by atoms with Crippen LogP contribution in [0.2, 0.25) is 0 Å². The van der Waals surface area contributed by atoms with Gasteiger partial charge in [0, 0.05) is 18.7 Å². The molecule has 4 heteroatoms. The molecule has 1 unspecified atom stereocenters. The van der Waals surface area contributed by atoms with Crippen molar-refractivity contribution < 1.29 is 15.0 Å². The van der Waals surface area contributed by atoms with Crippen LogP contribution in [0.15, 0.2) is 42.0 Å². The number of hydrogen-bond donors (Lipinski definition) is 3. The molecule has 0 aliphatic heterocycles. The van der Waals surface area contributed by atoms with E-state index in [4.69, 9.17) is 5.11 Å². The van der Waals surface area contributed by atoms with Crippen molar-refractivity contribution in [1.29, 1.82) is 0 Å². The van der Waals surface area contributed by atoms with Gasteiger partial charge >= 0.3 is 5.97 Å². The number of benzene rings is 1. The molecule has 1 aromatic rings. The summed E-state index contributed by atoms with van der Waals surface area (Å²) in [6.07, 6.45) is 1.89. The summed E-state index contributed by atoms with van der Waals surface area (Å²) in [6.45, 7) is 2.23. The van der Waals surface area contributed by atoms with E-state index in [-0.39, 0.29) is 12.6 Å². The Labute approximate surface area is 107 Å². The zero-order valence-electron chi connectivity index (χ0n) is 10.5. The third kappa shape index (κ3) is 5.61. The maximum atomic E-state index is 10.5. The van der Waals surface area contributed by atoms with E-state index in [0.717, 1.165) is 17.6 Å². The van der Waals surface area contributed by atoms with Gasteiger partial charge in [-0.3, -0.25) is 0 Å². The number of aliphatic hydroxyl groups excluding tert-OH is 1. The Morgan fingerprint density at radius 1 is 1.39 bits per heavy atom. The number of aliphatic hydroxyl groups is 1. The van der Waals surface area contributed by atoms with Gasteiger partial charge in [-0.25, -0.2) is 4.79 Å². The number of nitrogens with one attached hydrogen (secondary N) is 1. The predicted molar refractivity (Wildman–Crippen MR) is 70.4 cm³/mol. The van der Waals surface area contributed by atoms with Crippen molar-refractivity contribution in [1.82, 2.24) is 5.32 Å². The van der Waals surface area contributed by atoms with Crippen molar-refractivity contribution in [2.45, 2.75) is 19.4 Å². The molecule has 0 fully saturated rings. The zero-order chi connectivity index (χ0) is 13.4. The monoisotopic (exact) mass is 249 g/mol. The van der Waals surface area contributed by atoms with Crippen molar-refractivity contribution in [3.63, 3.8) is 0 Å². The third-order valence-corrected chi connectivity index (χ3v) is 2.58. The van der Waals surface area contributed by atoms with Crippen LogP contribution >= 0.6 is 0 Å². The molecule has 0 aliphatic rings. The molecule has 0 saturated carbocycles. The standard InChI is InChI=1S/C14H19NO3/c1-11(7-14(17)18)9-15-13(10-16)8-12-5-3-2-4-6-12/h2-7,13,15-16H,8-10H2,1H3,(H,17,18)/b11-7-. The van der Waals surface area contributed by atoms with Crippen molar-refractivity contribution >= 4 is 5.97 Å². The first-order valence-corrected chi connectivity index (χ1v) is 5.90. The van der Waals surface area contributed by atoms with Gasteiger partial charge in [-0.1, -0.05) is 35.9 Å². The first kappa shape index (κ1) is 14.4. The SMILES string of the molecule is C/C(=C/C(=O)O)CNC(CO)Cc1ccccc1. The molecule has 0 saturated heterocycles. The van der Waals surface area contributed by atoms with E-state index in [1.54, 1.807) is 6.92 Å². The highest BCUT2D eigenvalue weighted by molar-refractivity contribution is 5.80. The zero-order valence-corrected chi connectivity index (χ0v) is 10.5. The number of aliphatic carboxylic acids is 1. The fourth-order valence-corrected chi connectivity index (χ4v) is 1.67. The Balaban J connectivity index is 2.46. The first-order chi connectivity index (χ1) is 8.61. The molecule has 1 aromatic carbocycles. The van der Waals surface area contributed by atoms with Gasteiger partial charge in [0.25, 0.3) is 0 Å². The maximum Gasteiger partial charge on any atom is 0.328 e. The van der Waals surface area contributed by atoms with Gasteiger partial charge in [0.1, 0.15) is 0 Å². The molecule has 0 aliphatic carbocycles. The molecular weight excluding hydrogens is 230 g/mol. The van der Waals surface area contributed by atoms with E-state index in [9.17, 15) is 9.90 Å². The van der Waals surface area contributed by atoms with Gasteiger partial charge in [0.2, 0.25) is 0 Å². The topological polar surface area (TPSA) is 69.6 Å². The molecule has 1 atom stereocenters. The minimum Gasteiger partial charge on any atom is -0.478 e. The van der Waals surface area contributed by atoms with Gasteiger partial charge < -0.3 is 15.5 Å². The van der Waals surface area contributed by atoms with E-state index < -0.39 is 5.97 Å². The van der Waals surface area contributed by atoms with E-state index >= 15 is 0 Å². The van der Waals surface area contributed by atoms with Crippen molar-refractivity contribution in [2.24, 2.45) is 0 Å². The van der Waals surface area contributed by atoms with Gasteiger partial charge in [-0.15, -0.1) is 0 Å². The molecule has 0 spiro atoms. The minimum absolute atomic E-state index is 0.0231. The largest absolute Gasteiger partial charge is 0.478 e. The average Bonchev–Trinajstić information content (AvgIpc) is 2.35. The summed E-state index contributed by atoms with van der Waals surface area (Å²) in [6, 6.07) is 9.81. The van der Waals surface area contributed by atoms with Crippen LogP contribution in [0, 0.1) is 0 Å². The van der Waals surface area contributed by atoms with E-state index in [0.29, 0.717) is 6.54 Å². The molecule has 0 aromatic heterocycles. The second-order valence-electron chi connectivity index (χ2n) is 4.28. The van der Waals surface area contributed by atoms with E-state index in [1.807, 2.05) is 30.3 Å². The molecule has 18 heavy (non-hydrogen) atoms. The first-order valence-electron chi connectivity index (χ1n) is 5.90. The van der Waals surface area contributed by atoms with Crippen molar-refractivity contribution in [3.05, 3.63) is 47.5 Å². The second-order valence-corrected chi connectivity index (χ2v) is 4.28. The van der Waals surface area contributed by atoms with Crippen LogP contribution in [0.25, 0.3) is 0 Å². The molecule has 0 amide bonds. The number of rotatable bonds is 7. The predicted octanol–water partition coefficient (Wildman–Crippen LogP) is 1.21. The Kier molecular flexibility index (Phi) is 6.11. The fourth-order valence-electron chi connectivity index (χ4n) is 1.67. The molecule has 98 valence electrons. The maximum absolute atomic E-state index is 10.5. The highest BCUT2D eigenvalue weighted by atomic mass is 16.4. The van der Waals surface area contributed by atoms with E-state index in [1.165, 1.54) is 6.08 Å². The lowest BCUT2D eigenvalue weighted by atomic mass is 10.1. The Hall–Kier alpha value is -1.65. The van der Waals surface area contributed by atoms with Gasteiger partial charge in [0.05, 0.1) is 6.61 Å². The van der Waals surface area contributed by atoms with Crippen LogP contribution in [-0.2, 0) is 11.2 Å². The van der Waals surface area contributed by atoms with Crippen LogP contribution in [0.4, 0.5) is 0 Å². The Morgan fingerprint density at radius 2 is 2.06 bits per heavy atom. The van der Waals surface area contributed by atoms with Crippen molar-refractivity contribution in [3.8, 4) is 0 Å². The summed E-state index contributed by atoms with van der Waals surface area (Å²) in [5.74, 6) is -0.946. The highest BCUT2D eigenvalue weighted by Gasteiger charge is 2.07. The summed E-state index contributed by atoms with van der Waals surface area (Å²) in [7, 11) is 0. The fraction of sp³-hybridized carbons (Fsp3) is 0.357. The number of carbonyl (C=O) groups is 1. The van der Waals surface area contributed by atoms with Crippen LogP contribution < -0.4 is 5.32 Å². The molecule has 3 N–H and O–H groups in total. The lowest BCUT2D eigenvalue weighted by Crippen LogP contribution is -2.35. The average molecular weight is 249 g/mol. The quantitative estimate of drug-likeness (QED) is 0.635. The number of hydrogen-bond acceptors (Lipinski definition) is 3. The van der Waals surface area contributed by atoms with E-state index in [2.05, 4.69) is 5.32 Å². The molecule has 1 rings (SSSR count).